The zero-order valence-corrected chi connectivity index (χ0v) is 14.8. The minimum absolute atomic E-state index is 0. The summed E-state index contributed by atoms with van der Waals surface area (Å²) in [4.78, 5) is 0. The molecule has 1 N–H and O–H groups in total. The van der Waals surface area contributed by atoms with E-state index in [9.17, 15) is 0 Å². The molecule has 106 valence electrons. The summed E-state index contributed by atoms with van der Waals surface area (Å²) in [5.74, 6) is 0. The van der Waals surface area contributed by atoms with Crippen molar-refractivity contribution >= 4 is 3.39 Å². The maximum atomic E-state index is 8.19. The standard InChI is InChI=1S/2C5H5.C4H8O2.2ClH.Zr/c2*1-2-4-5-3-1;1-2-6-4-3-5;;;/h2*1-5H;5H,3-4H2,1H3;2*1H;/q2*-1;;;;+2/p-2. The second-order valence-corrected chi connectivity index (χ2v) is 4.78. The summed E-state index contributed by atoms with van der Waals surface area (Å²) >= 11 is 1.28. The molecule has 0 aliphatic rings. The molecule has 5 heteroatoms. The van der Waals surface area contributed by atoms with Gasteiger partial charge in [0.05, 0.1) is 0 Å². The Hall–Kier alpha value is -0.0469. The molecular weight excluding hydrogens is 362 g/mol. The number of ether oxygens (including phenoxy) is 1. The fourth-order valence-electron chi connectivity index (χ4n) is 0.840. The van der Waals surface area contributed by atoms with Gasteiger partial charge in [-0.1, -0.05) is 0 Å². The van der Waals surface area contributed by atoms with Crippen LogP contribution >= 0.6 is 0 Å². The van der Waals surface area contributed by atoms with E-state index in [0.717, 1.165) is 3.39 Å². The molecule has 0 spiro atoms. The summed E-state index contributed by atoms with van der Waals surface area (Å²) < 4.78 is 5.88. The minimum Gasteiger partial charge on any atom is -1.00 e. The third-order valence-corrected chi connectivity index (χ3v) is 1.88. The number of hydrogen-bond acceptors (Lipinski definition) is 2. The van der Waals surface area contributed by atoms with Gasteiger partial charge in [-0.25, -0.2) is 24.3 Å². The normalized spacial score (nSPS) is 7.58. The van der Waals surface area contributed by atoms with Gasteiger partial charge in [-0.15, -0.1) is 0 Å². The van der Waals surface area contributed by atoms with Crippen LogP contribution in [0.4, 0.5) is 0 Å². The SMILES string of the molecule is C[C](=[Zr+2])OCCO.[Cl-].[Cl-].c1cc[cH-]c1.c1cc[cH-]c1. The fourth-order valence-corrected chi connectivity index (χ4v) is 1.09. The summed E-state index contributed by atoms with van der Waals surface area (Å²) in [5, 5.41) is 8.19. The van der Waals surface area contributed by atoms with Crippen LogP contribution in [-0.2, 0) is 29.0 Å². The molecule has 0 aliphatic heterocycles. The molecule has 0 aliphatic carbocycles. The van der Waals surface area contributed by atoms with E-state index in [1.807, 2.05) is 67.6 Å². The largest absolute Gasteiger partial charge is 1.00 e. The van der Waals surface area contributed by atoms with Crippen molar-refractivity contribution in [1.82, 2.24) is 0 Å². The van der Waals surface area contributed by atoms with Crippen molar-refractivity contribution in [1.29, 1.82) is 0 Å². The molecule has 0 heterocycles. The van der Waals surface area contributed by atoms with Crippen molar-refractivity contribution < 1.29 is 58.9 Å². The Morgan fingerprint density at radius 1 is 1.00 bits per heavy atom. The molecule has 0 aromatic heterocycles. The van der Waals surface area contributed by atoms with Crippen molar-refractivity contribution in [3.05, 3.63) is 60.7 Å². The van der Waals surface area contributed by atoms with Gasteiger partial charge in [-0.3, -0.25) is 0 Å². The number of hydrogen-bond donors (Lipinski definition) is 1. The Kier molecular flexibility index (Phi) is 25.6. The van der Waals surface area contributed by atoms with Crippen LogP contribution in [0.3, 0.4) is 0 Å². The number of aliphatic hydroxyl groups excluding tert-OH is 1. The average molecular weight is 380 g/mol. The van der Waals surface area contributed by atoms with Gasteiger partial charge in [0, 0.05) is 0 Å². The van der Waals surface area contributed by atoms with Crippen LogP contribution in [0.1, 0.15) is 6.92 Å². The number of rotatable bonds is 3. The van der Waals surface area contributed by atoms with Gasteiger partial charge in [-0.05, 0) is 0 Å². The molecule has 0 amide bonds. The predicted molar refractivity (Wildman–Crippen MR) is 67.8 cm³/mol. The third-order valence-electron chi connectivity index (χ3n) is 1.52. The summed E-state index contributed by atoms with van der Waals surface area (Å²) in [7, 11) is 0. The van der Waals surface area contributed by atoms with E-state index in [2.05, 4.69) is 0 Å². The van der Waals surface area contributed by atoms with Gasteiger partial charge in [0.1, 0.15) is 0 Å². The second-order valence-electron chi connectivity index (χ2n) is 3.05. The Bertz CT molecular complexity index is 274. The van der Waals surface area contributed by atoms with Gasteiger partial charge in [0.25, 0.3) is 0 Å². The van der Waals surface area contributed by atoms with Crippen LogP contribution in [0.15, 0.2) is 60.7 Å². The first-order valence-corrected chi connectivity index (χ1v) is 6.62. The summed E-state index contributed by atoms with van der Waals surface area (Å²) in [6.45, 7) is 2.46. The third kappa shape index (κ3) is 23.5. The molecule has 19 heavy (non-hydrogen) atoms. The van der Waals surface area contributed by atoms with E-state index < -0.39 is 0 Å². The van der Waals surface area contributed by atoms with E-state index >= 15 is 0 Å². The molecule has 0 radical (unpaired) electrons. The van der Waals surface area contributed by atoms with Crippen molar-refractivity contribution in [2.24, 2.45) is 0 Å². The Balaban J connectivity index is -0.000000194. The van der Waals surface area contributed by atoms with Crippen molar-refractivity contribution in [2.45, 2.75) is 6.92 Å². The van der Waals surface area contributed by atoms with E-state index in [4.69, 9.17) is 9.84 Å². The van der Waals surface area contributed by atoms with Gasteiger partial charge in [-0.2, -0.15) is 36.4 Å². The van der Waals surface area contributed by atoms with E-state index in [1.165, 1.54) is 24.2 Å². The molecule has 2 aromatic rings. The maximum Gasteiger partial charge on any atom is -0.172 e. The number of aliphatic hydroxyl groups is 1. The molecule has 0 atom stereocenters. The molecule has 0 fully saturated rings. The minimum atomic E-state index is 0. The fraction of sp³-hybridized carbons (Fsp3) is 0.214. The smallest absolute Gasteiger partial charge is 0.172 e. The number of halogens is 2. The Labute approximate surface area is 142 Å². The molecular formula is C14H18Cl2O2Zr-2. The molecule has 0 unspecified atom stereocenters. The molecule has 2 nitrogen and oxygen atoms in total. The predicted octanol–water partition coefficient (Wildman–Crippen LogP) is -3.49. The maximum absolute atomic E-state index is 8.19. The van der Waals surface area contributed by atoms with Crippen molar-refractivity contribution in [2.75, 3.05) is 13.2 Å². The molecule has 0 saturated heterocycles. The van der Waals surface area contributed by atoms with Crippen LogP contribution in [0, 0.1) is 0 Å². The summed E-state index contributed by atoms with van der Waals surface area (Å²) in [6, 6.07) is 20.0. The van der Waals surface area contributed by atoms with Crippen LogP contribution in [-0.4, -0.2) is 21.7 Å². The van der Waals surface area contributed by atoms with Crippen molar-refractivity contribution in [3.63, 3.8) is 0 Å². The zero-order chi connectivity index (χ0) is 12.8. The van der Waals surface area contributed by atoms with E-state index in [1.54, 1.807) is 0 Å². The first-order chi connectivity index (χ1) is 8.27. The first-order valence-electron chi connectivity index (χ1n) is 5.39. The summed E-state index contributed by atoms with van der Waals surface area (Å²) in [5.41, 5.74) is 0. The van der Waals surface area contributed by atoms with Gasteiger partial charge < -0.3 is 24.8 Å². The van der Waals surface area contributed by atoms with Crippen LogP contribution in [0.25, 0.3) is 0 Å². The van der Waals surface area contributed by atoms with Gasteiger partial charge in [0.2, 0.25) is 0 Å². The van der Waals surface area contributed by atoms with E-state index in [-0.39, 0.29) is 31.4 Å². The average Bonchev–Trinajstić information content (AvgIpc) is 3.01. The first kappa shape index (κ1) is 24.0. The molecule has 0 saturated carbocycles. The topological polar surface area (TPSA) is 29.5 Å². The molecule has 2 rings (SSSR count). The van der Waals surface area contributed by atoms with Crippen molar-refractivity contribution in [3.8, 4) is 0 Å². The van der Waals surface area contributed by atoms with Gasteiger partial charge in [0.15, 0.2) is 0 Å². The van der Waals surface area contributed by atoms with Crippen LogP contribution < -0.4 is 24.8 Å². The van der Waals surface area contributed by atoms with Gasteiger partial charge >= 0.3 is 57.6 Å². The quantitative estimate of drug-likeness (QED) is 0.561. The Morgan fingerprint density at radius 3 is 1.47 bits per heavy atom. The van der Waals surface area contributed by atoms with Crippen LogP contribution in [0.2, 0.25) is 0 Å². The monoisotopic (exact) mass is 378 g/mol. The van der Waals surface area contributed by atoms with E-state index in [0.29, 0.717) is 6.61 Å². The zero-order valence-electron chi connectivity index (χ0n) is 10.8. The van der Waals surface area contributed by atoms with Crippen LogP contribution in [0.5, 0.6) is 0 Å². The molecule has 2 aromatic carbocycles. The summed E-state index contributed by atoms with van der Waals surface area (Å²) in [6.07, 6.45) is 0. The Morgan fingerprint density at radius 2 is 1.37 bits per heavy atom. The molecule has 0 bridgehead atoms. The second kappa shape index (κ2) is 20.3.